The third-order valence-corrected chi connectivity index (χ3v) is 5.30. The van der Waals surface area contributed by atoms with Crippen molar-refractivity contribution in [1.29, 1.82) is 0 Å². The van der Waals surface area contributed by atoms with Crippen LogP contribution in [0, 0.1) is 13.8 Å². The second-order valence-corrected chi connectivity index (χ2v) is 8.00. The van der Waals surface area contributed by atoms with Gasteiger partial charge in [0.25, 0.3) is 0 Å². The lowest BCUT2D eigenvalue weighted by Crippen LogP contribution is -1.95. The summed E-state index contributed by atoms with van der Waals surface area (Å²) in [5.41, 5.74) is 4.36. The number of aryl methyl sites for hydroxylation is 2. The summed E-state index contributed by atoms with van der Waals surface area (Å²) in [4.78, 5) is 0. The van der Waals surface area contributed by atoms with Crippen LogP contribution in [0.3, 0.4) is 0 Å². The molecule has 24 heavy (non-hydrogen) atoms. The van der Waals surface area contributed by atoms with E-state index in [2.05, 4.69) is 45.9 Å². The molecule has 0 spiro atoms. The molecule has 0 aromatic heterocycles. The van der Waals surface area contributed by atoms with Crippen LogP contribution >= 0.6 is 0 Å². The number of unbranched alkanes of at least 4 members (excludes halogenated alkanes) is 11. The SMILES string of the molecule is CCCCCCCCCCCCCCC(C)c1cc(C)cc(C)c1. The fourth-order valence-electron chi connectivity index (χ4n) is 3.75. The molecule has 1 unspecified atom stereocenters. The molecule has 0 amide bonds. The van der Waals surface area contributed by atoms with Gasteiger partial charge in [0.15, 0.2) is 0 Å². The van der Waals surface area contributed by atoms with E-state index in [1.807, 2.05) is 0 Å². The topological polar surface area (TPSA) is 0 Å². The van der Waals surface area contributed by atoms with Gasteiger partial charge < -0.3 is 0 Å². The molecule has 0 nitrogen and oxygen atoms in total. The molecule has 1 aromatic rings. The summed E-state index contributed by atoms with van der Waals surface area (Å²) in [7, 11) is 0. The van der Waals surface area contributed by atoms with Gasteiger partial charge in [0, 0.05) is 0 Å². The molecule has 0 N–H and O–H groups in total. The third-order valence-electron chi connectivity index (χ3n) is 5.30. The second-order valence-electron chi connectivity index (χ2n) is 8.00. The van der Waals surface area contributed by atoms with Crippen LogP contribution in [0.5, 0.6) is 0 Å². The molecule has 0 saturated heterocycles. The monoisotopic (exact) mass is 330 g/mol. The number of rotatable bonds is 14. The highest BCUT2D eigenvalue weighted by Crippen LogP contribution is 2.24. The molecule has 0 saturated carbocycles. The smallest absolute Gasteiger partial charge is 0.0190 e. The fraction of sp³-hybridized carbons (Fsp3) is 0.750. The van der Waals surface area contributed by atoms with Crippen molar-refractivity contribution < 1.29 is 0 Å². The quantitative estimate of drug-likeness (QED) is 0.300. The van der Waals surface area contributed by atoms with E-state index in [-0.39, 0.29) is 0 Å². The molecule has 0 aliphatic rings. The Morgan fingerprint density at radius 1 is 0.625 bits per heavy atom. The first-order valence-corrected chi connectivity index (χ1v) is 10.7. The summed E-state index contributed by atoms with van der Waals surface area (Å²) < 4.78 is 0. The normalized spacial score (nSPS) is 12.5. The molecule has 0 fully saturated rings. The van der Waals surface area contributed by atoms with Gasteiger partial charge in [0.1, 0.15) is 0 Å². The predicted molar refractivity (Wildman–Crippen MR) is 110 cm³/mol. The Kier molecular flexibility index (Phi) is 12.0. The maximum absolute atomic E-state index is 2.40. The van der Waals surface area contributed by atoms with Crippen molar-refractivity contribution in [1.82, 2.24) is 0 Å². The van der Waals surface area contributed by atoms with Crippen LogP contribution < -0.4 is 0 Å². The van der Waals surface area contributed by atoms with E-state index < -0.39 is 0 Å². The average Bonchev–Trinajstić information content (AvgIpc) is 2.54. The summed E-state index contributed by atoms with van der Waals surface area (Å²) in [6.45, 7) is 9.12. The van der Waals surface area contributed by atoms with Crippen LogP contribution in [0.2, 0.25) is 0 Å². The van der Waals surface area contributed by atoms with E-state index >= 15 is 0 Å². The highest BCUT2D eigenvalue weighted by Gasteiger charge is 2.06. The van der Waals surface area contributed by atoms with Crippen LogP contribution in [0.15, 0.2) is 18.2 Å². The van der Waals surface area contributed by atoms with E-state index in [0.717, 1.165) is 0 Å². The van der Waals surface area contributed by atoms with Crippen molar-refractivity contribution in [2.75, 3.05) is 0 Å². The highest BCUT2D eigenvalue weighted by molar-refractivity contribution is 5.30. The van der Waals surface area contributed by atoms with Gasteiger partial charge in [-0.3, -0.25) is 0 Å². The molecular formula is C24H42. The largest absolute Gasteiger partial charge is 0.0654 e. The van der Waals surface area contributed by atoms with Gasteiger partial charge >= 0.3 is 0 Å². The average molecular weight is 331 g/mol. The lowest BCUT2D eigenvalue weighted by Gasteiger charge is -2.13. The first kappa shape index (κ1) is 21.3. The zero-order valence-corrected chi connectivity index (χ0v) is 17.0. The Hall–Kier alpha value is -0.780. The molecule has 0 aliphatic heterocycles. The van der Waals surface area contributed by atoms with Gasteiger partial charge in [-0.05, 0) is 31.7 Å². The summed E-state index contributed by atoms with van der Waals surface area (Å²) in [6, 6.07) is 7.02. The van der Waals surface area contributed by atoms with E-state index in [0.29, 0.717) is 5.92 Å². The van der Waals surface area contributed by atoms with Gasteiger partial charge in [0.05, 0.1) is 0 Å². The Bertz CT molecular complexity index is 398. The van der Waals surface area contributed by atoms with Gasteiger partial charge in [-0.25, -0.2) is 0 Å². The van der Waals surface area contributed by atoms with Gasteiger partial charge in [-0.15, -0.1) is 0 Å². The predicted octanol–water partition coefficient (Wildman–Crippen LogP) is 8.50. The minimum Gasteiger partial charge on any atom is -0.0654 e. The van der Waals surface area contributed by atoms with Crippen molar-refractivity contribution in [3.63, 3.8) is 0 Å². The first-order chi connectivity index (χ1) is 11.6. The summed E-state index contributed by atoms with van der Waals surface area (Å²) in [5.74, 6) is 0.715. The molecule has 1 aromatic carbocycles. The molecule has 138 valence electrons. The zero-order chi connectivity index (χ0) is 17.6. The van der Waals surface area contributed by atoms with E-state index in [1.54, 1.807) is 0 Å². The van der Waals surface area contributed by atoms with Crippen molar-refractivity contribution in [3.05, 3.63) is 34.9 Å². The summed E-state index contributed by atoms with van der Waals surface area (Å²) >= 11 is 0. The maximum Gasteiger partial charge on any atom is -0.0190 e. The van der Waals surface area contributed by atoms with E-state index in [1.165, 1.54) is 100 Å². The maximum atomic E-state index is 2.40. The van der Waals surface area contributed by atoms with Gasteiger partial charge in [-0.2, -0.15) is 0 Å². The molecule has 1 rings (SSSR count). The number of hydrogen-bond donors (Lipinski definition) is 0. The highest BCUT2D eigenvalue weighted by atomic mass is 14.1. The van der Waals surface area contributed by atoms with Gasteiger partial charge in [-0.1, -0.05) is 120 Å². The Morgan fingerprint density at radius 3 is 1.50 bits per heavy atom. The van der Waals surface area contributed by atoms with Crippen LogP contribution in [-0.2, 0) is 0 Å². The minimum atomic E-state index is 0.715. The van der Waals surface area contributed by atoms with Crippen molar-refractivity contribution in [3.8, 4) is 0 Å². The fourth-order valence-corrected chi connectivity index (χ4v) is 3.75. The molecular weight excluding hydrogens is 288 g/mol. The Balaban J connectivity index is 1.96. The van der Waals surface area contributed by atoms with Crippen LogP contribution in [-0.4, -0.2) is 0 Å². The number of benzene rings is 1. The Morgan fingerprint density at radius 2 is 1.04 bits per heavy atom. The molecule has 1 atom stereocenters. The van der Waals surface area contributed by atoms with Crippen LogP contribution in [0.4, 0.5) is 0 Å². The lowest BCUT2D eigenvalue weighted by atomic mass is 9.92. The van der Waals surface area contributed by atoms with E-state index in [9.17, 15) is 0 Å². The minimum absolute atomic E-state index is 0.715. The molecule has 0 heterocycles. The molecule has 0 radical (unpaired) electrons. The lowest BCUT2D eigenvalue weighted by molar-refractivity contribution is 0.528. The van der Waals surface area contributed by atoms with Crippen molar-refractivity contribution in [2.24, 2.45) is 0 Å². The van der Waals surface area contributed by atoms with E-state index in [4.69, 9.17) is 0 Å². The summed E-state index contributed by atoms with van der Waals surface area (Å²) in [5, 5.41) is 0. The van der Waals surface area contributed by atoms with Crippen molar-refractivity contribution in [2.45, 2.75) is 117 Å². The van der Waals surface area contributed by atoms with Crippen LogP contribution in [0.25, 0.3) is 0 Å². The standard InChI is InChI=1S/C24H42/c1-5-6-7-8-9-10-11-12-13-14-15-16-17-23(4)24-19-21(2)18-22(3)20-24/h18-20,23H,5-17H2,1-4H3. The third kappa shape index (κ3) is 10.2. The summed E-state index contributed by atoms with van der Waals surface area (Å²) in [6.07, 6.45) is 18.6. The van der Waals surface area contributed by atoms with Gasteiger partial charge in [0.2, 0.25) is 0 Å². The van der Waals surface area contributed by atoms with Crippen LogP contribution in [0.1, 0.15) is 120 Å². The first-order valence-electron chi connectivity index (χ1n) is 10.7. The second kappa shape index (κ2) is 13.5. The molecule has 0 bridgehead atoms. The number of hydrogen-bond acceptors (Lipinski definition) is 0. The molecule has 0 heteroatoms. The van der Waals surface area contributed by atoms with Crippen molar-refractivity contribution >= 4 is 0 Å². The zero-order valence-electron chi connectivity index (χ0n) is 17.0. The Labute approximate surface area is 152 Å². The molecule has 0 aliphatic carbocycles.